The first-order valence-electron chi connectivity index (χ1n) is 8.11. The second-order valence-electron chi connectivity index (χ2n) is 4.40. The lowest BCUT2D eigenvalue weighted by Gasteiger charge is -2.36. The van der Waals surface area contributed by atoms with E-state index in [1.54, 1.807) is 12.1 Å². The molecule has 0 aliphatic carbocycles. The van der Waals surface area contributed by atoms with Crippen LogP contribution in [0.4, 0.5) is 10.1 Å². The third-order valence-corrected chi connectivity index (χ3v) is 3.24. The molecule has 1 aliphatic rings. The summed E-state index contributed by atoms with van der Waals surface area (Å²) in [5.74, 6) is -0.318. The van der Waals surface area contributed by atoms with Gasteiger partial charge in [0.2, 0.25) is 0 Å². The van der Waals surface area contributed by atoms with Crippen LogP contribution in [-0.2, 0) is 0 Å². The highest BCUT2D eigenvalue weighted by atomic mass is 19.1. The maximum atomic E-state index is 13.8. The van der Waals surface area contributed by atoms with Gasteiger partial charge in [-0.1, -0.05) is 27.7 Å². The Morgan fingerprint density at radius 1 is 1.14 bits per heavy atom. The lowest BCUT2D eigenvalue weighted by Crippen LogP contribution is -2.48. The summed E-state index contributed by atoms with van der Waals surface area (Å²) in [7, 11) is 0. The monoisotopic (exact) mass is 308 g/mol. The van der Waals surface area contributed by atoms with Crippen molar-refractivity contribution in [2.24, 2.45) is 5.73 Å². The molecule has 1 heterocycles. The normalized spacial score (nSPS) is 14.1. The van der Waals surface area contributed by atoms with Crippen LogP contribution in [-0.4, -0.2) is 44.2 Å². The lowest BCUT2D eigenvalue weighted by molar-refractivity contribution is 0.264. The van der Waals surface area contributed by atoms with Gasteiger partial charge in [-0.3, -0.25) is 4.90 Å². The van der Waals surface area contributed by atoms with E-state index in [1.807, 2.05) is 38.7 Å². The number of benzene rings is 1. The summed E-state index contributed by atoms with van der Waals surface area (Å²) in [6, 6.07) is 6.58. The van der Waals surface area contributed by atoms with Crippen LogP contribution < -0.4 is 10.6 Å². The highest BCUT2D eigenvalue weighted by molar-refractivity contribution is 5.51. The van der Waals surface area contributed by atoms with E-state index < -0.39 is 0 Å². The zero-order valence-electron chi connectivity index (χ0n) is 14.3. The van der Waals surface area contributed by atoms with Gasteiger partial charge >= 0.3 is 0 Å². The fourth-order valence-corrected chi connectivity index (χ4v) is 2.23. The van der Waals surface area contributed by atoms with E-state index in [2.05, 4.69) is 4.90 Å². The summed E-state index contributed by atoms with van der Waals surface area (Å²) >= 11 is 0. The molecule has 2 N–H and O–H groups in total. The molecule has 0 unspecified atom stereocenters. The Morgan fingerprint density at radius 2 is 1.73 bits per heavy atom. The van der Waals surface area contributed by atoms with Crippen molar-refractivity contribution in [1.29, 1.82) is 5.26 Å². The predicted octanol–water partition coefficient (Wildman–Crippen LogP) is 2.83. The summed E-state index contributed by atoms with van der Waals surface area (Å²) in [6.45, 7) is 12.9. The molecule has 4 nitrogen and oxygen atoms in total. The number of nitriles is 1. The van der Waals surface area contributed by atoms with Crippen LogP contribution in [0.2, 0.25) is 0 Å². The Balaban J connectivity index is 0.00000102. The van der Waals surface area contributed by atoms with E-state index in [0.717, 1.165) is 32.7 Å². The molecule has 0 amide bonds. The van der Waals surface area contributed by atoms with Gasteiger partial charge < -0.3 is 10.6 Å². The van der Waals surface area contributed by atoms with Crippen LogP contribution in [0.25, 0.3) is 0 Å². The topological polar surface area (TPSA) is 56.3 Å². The number of anilines is 1. The van der Waals surface area contributed by atoms with Crippen LogP contribution in [0.5, 0.6) is 0 Å². The van der Waals surface area contributed by atoms with Gasteiger partial charge in [-0.05, 0) is 18.2 Å². The average Bonchev–Trinajstić information content (AvgIpc) is 2.59. The summed E-state index contributed by atoms with van der Waals surface area (Å²) in [6.07, 6.45) is 0. The van der Waals surface area contributed by atoms with Gasteiger partial charge in [-0.25, -0.2) is 4.39 Å². The van der Waals surface area contributed by atoms with Crippen molar-refractivity contribution in [3.05, 3.63) is 29.6 Å². The van der Waals surface area contributed by atoms with Gasteiger partial charge in [0.25, 0.3) is 0 Å². The number of piperazine rings is 1. The molecule has 0 bridgehead atoms. The molecule has 0 radical (unpaired) electrons. The van der Waals surface area contributed by atoms with E-state index in [-0.39, 0.29) is 5.82 Å². The number of nitrogens with two attached hydrogens (primary N) is 1. The quantitative estimate of drug-likeness (QED) is 0.933. The smallest absolute Gasteiger partial charge is 0.147 e. The Bertz CT molecular complexity index is 448. The first-order chi connectivity index (χ1) is 10.7. The second kappa shape index (κ2) is 12.0. The van der Waals surface area contributed by atoms with Crippen LogP contribution in [0.3, 0.4) is 0 Å². The number of nitrogens with zero attached hydrogens (tertiary/aromatic N) is 3. The minimum Gasteiger partial charge on any atom is -0.367 e. The first kappa shape index (κ1) is 20.4. The molecule has 0 aromatic heterocycles. The molecule has 2 rings (SSSR count). The van der Waals surface area contributed by atoms with Crippen LogP contribution in [0, 0.1) is 17.1 Å². The number of hydrogen-bond donors (Lipinski definition) is 1. The third-order valence-electron chi connectivity index (χ3n) is 3.24. The molecule has 1 aromatic carbocycles. The van der Waals surface area contributed by atoms with Gasteiger partial charge in [-0.2, -0.15) is 5.26 Å². The standard InChI is InChI=1S/C13H17FN4.2C2H6/c14-12-9-11(10-16)1-2-13(12)18-7-5-17(4-3-15)6-8-18;2*1-2/h1-2,9H,3-8,15H2;2*1-2H3. The Morgan fingerprint density at radius 3 is 2.18 bits per heavy atom. The van der Waals surface area contributed by atoms with Crippen LogP contribution >= 0.6 is 0 Å². The molecular formula is C17H29FN4. The maximum Gasteiger partial charge on any atom is 0.147 e. The van der Waals surface area contributed by atoms with Crippen molar-refractivity contribution < 1.29 is 4.39 Å². The maximum absolute atomic E-state index is 13.8. The van der Waals surface area contributed by atoms with Crippen LogP contribution in [0.15, 0.2) is 18.2 Å². The summed E-state index contributed by atoms with van der Waals surface area (Å²) in [5, 5.41) is 8.71. The van der Waals surface area contributed by atoms with E-state index >= 15 is 0 Å². The second-order valence-corrected chi connectivity index (χ2v) is 4.40. The van der Waals surface area contributed by atoms with Gasteiger partial charge in [0.15, 0.2) is 0 Å². The fraction of sp³-hybridized carbons (Fsp3) is 0.588. The van der Waals surface area contributed by atoms with E-state index in [0.29, 0.717) is 17.8 Å². The zero-order valence-corrected chi connectivity index (χ0v) is 14.3. The molecule has 0 spiro atoms. The molecule has 124 valence electrons. The SMILES string of the molecule is CC.CC.N#Cc1ccc(N2CCN(CCN)CC2)c(F)c1. The molecule has 1 aromatic rings. The fourth-order valence-electron chi connectivity index (χ4n) is 2.23. The average molecular weight is 308 g/mol. The molecule has 1 saturated heterocycles. The van der Waals surface area contributed by atoms with Crippen molar-refractivity contribution in [3.63, 3.8) is 0 Å². The van der Waals surface area contributed by atoms with E-state index in [1.165, 1.54) is 6.07 Å². The highest BCUT2D eigenvalue weighted by Gasteiger charge is 2.18. The first-order valence-corrected chi connectivity index (χ1v) is 8.11. The largest absolute Gasteiger partial charge is 0.367 e. The number of rotatable bonds is 3. The molecule has 1 aliphatic heterocycles. The Labute approximate surface area is 134 Å². The third kappa shape index (κ3) is 6.00. The van der Waals surface area contributed by atoms with Crippen LogP contribution in [0.1, 0.15) is 33.3 Å². The van der Waals surface area contributed by atoms with Gasteiger partial charge in [-0.15, -0.1) is 0 Å². The summed E-state index contributed by atoms with van der Waals surface area (Å²) in [5.41, 5.74) is 6.46. The number of halogens is 1. The van der Waals surface area contributed by atoms with Crippen molar-refractivity contribution in [1.82, 2.24) is 4.90 Å². The van der Waals surface area contributed by atoms with Crippen molar-refractivity contribution in [2.75, 3.05) is 44.2 Å². The van der Waals surface area contributed by atoms with Crippen molar-refractivity contribution in [2.45, 2.75) is 27.7 Å². The van der Waals surface area contributed by atoms with E-state index in [4.69, 9.17) is 11.0 Å². The van der Waals surface area contributed by atoms with E-state index in [9.17, 15) is 4.39 Å². The minimum absolute atomic E-state index is 0.318. The predicted molar refractivity (Wildman–Crippen MR) is 91.5 cm³/mol. The summed E-state index contributed by atoms with van der Waals surface area (Å²) in [4.78, 5) is 4.29. The highest BCUT2D eigenvalue weighted by Crippen LogP contribution is 2.21. The molecule has 0 saturated carbocycles. The Kier molecular flexibility index (Phi) is 11.1. The molecule has 1 fully saturated rings. The minimum atomic E-state index is -0.318. The van der Waals surface area contributed by atoms with Gasteiger partial charge in [0.05, 0.1) is 17.3 Å². The Hall–Kier alpha value is -1.64. The summed E-state index contributed by atoms with van der Waals surface area (Å²) < 4.78 is 13.8. The molecular weight excluding hydrogens is 279 g/mol. The van der Waals surface area contributed by atoms with Crippen molar-refractivity contribution in [3.8, 4) is 6.07 Å². The molecule has 5 heteroatoms. The molecule has 22 heavy (non-hydrogen) atoms. The zero-order chi connectivity index (χ0) is 17.0. The molecule has 0 atom stereocenters. The lowest BCUT2D eigenvalue weighted by atomic mass is 10.2. The van der Waals surface area contributed by atoms with Gasteiger partial charge in [0, 0.05) is 39.3 Å². The van der Waals surface area contributed by atoms with Crippen molar-refractivity contribution >= 4 is 5.69 Å². The number of hydrogen-bond acceptors (Lipinski definition) is 4. The van der Waals surface area contributed by atoms with Gasteiger partial charge in [0.1, 0.15) is 5.82 Å².